The standard InChI is InChI=1S/C34H58N2O9.CH4/c1-10-26(38)24(4)31-27(43-31)21-33(5,41)16-11-12-22(2)30-23(3)13-14-28(44-32(40)36(8)19-18-35-7)34(6,42-9)17-15-25(37)20-29(39)45-30;/h11-14,16,23-28,30-31,35,37-38,41H,10,15,17-21H2,1-9H3;1H4/b14-13+,16-11+,22-12+;/t23-,24+,25+,26-,27+,28-,30+,31+,33-,34+;/m0./s1. The van der Waals surface area contributed by atoms with Gasteiger partial charge in [-0.05, 0) is 58.7 Å². The molecule has 10 atom stereocenters. The Bertz CT molecular complexity index is 1050. The summed E-state index contributed by atoms with van der Waals surface area (Å²) in [7, 11) is 5.01. The molecule has 2 heterocycles. The molecule has 1 fully saturated rings. The van der Waals surface area contributed by atoms with Crippen LogP contribution in [0.5, 0.6) is 0 Å². The van der Waals surface area contributed by atoms with E-state index in [4.69, 9.17) is 18.9 Å². The van der Waals surface area contributed by atoms with Gasteiger partial charge in [0, 0.05) is 45.5 Å². The van der Waals surface area contributed by atoms with Crippen LogP contribution in [0.4, 0.5) is 4.79 Å². The molecule has 0 bridgehead atoms. The van der Waals surface area contributed by atoms with E-state index in [9.17, 15) is 24.9 Å². The average molecular weight is 655 g/mol. The van der Waals surface area contributed by atoms with E-state index in [1.165, 1.54) is 12.0 Å². The number of likely N-dealkylation sites (N-methyl/N-ethyl adjacent to an activating group) is 2. The highest BCUT2D eigenvalue weighted by Crippen LogP contribution is 2.37. The second-order valence-electron chi connectivity index (χ2n) is 13.2. The molecule has 0 aromatic rings. The molecule has 4 N–H and O–H groups in total. The van der Waals surface area contributed by atoms with Crippen molar-refractivity contribution in [2.24, 2.45) is 11.8 Å². The maximum absolute atomic E-state index is 12.9. The van der Waals surface area contributed by atoms with E-state index in [2.05, 4.69) is 5.32 Å². The molecule has 0 aliphatic carbocycles. The van der Waals surface area contributed by atoms with Crippen LogP contribution >= 0.6 is 0 Å². The van der Waals surface area contributed by atoms with E-state index in [1.54, 1.807) is 45.3 Å². The SMILES string of the molecule is C.CC[C@H](O)[C@@H](C)[C@H]1O[C@@H]1C[C@@](C)(O)/C=C/C=C(\C)[C@H]1OC(=O)C[C@H](O)CC[C@@](C)(OC)[C@@H](OC(=O)N(C)CCNC)/C=C/[C@@H]1C. The molecule has 0 unspecified atom stereocenters. The Kier molecular flexibility index (Phi) is 17.2. The van der Waals surface area contributed by atoms with Gasteiger partial charge in [0.2, 0.25) is 0 Å². The Labute approximate surface area is 277 Å². The lowest BCUT2D eigenvalue weighted by Crippen LogP contribution is -2.46. The lowest BCUT2D eigenvalue weighted by atomic mass is 9.88. The summed E-state index contributed by atoms with van der Waals surface area (Å²) < 4.78 is 23.4. The Morgan fingerprint density at radius 3 is 2.63 bits per heavy atom. The van der Waals surface area contributed by atoms with Crippen LogP contribution in [0.2, 0.25) is 0 Å². The van der Waals surface area contributed by atoms with Gasteiger partial charge in [-0.3, -0.25) is 4.79 Å². The predicted molar refractivity (Wildman–Crippen MR) is 179 cm³/mol. The fourth-order valence-electron chi connectivity index (χ4n) is 5.58. The number of epoxide rings is 1. The number of ether oxygens (including phenoxy) is 4. The average Bonchev–Trinajstić information content (AvgIpc) is 3.75. The summed E-state index contributed by atoms with van der Waals surface area (Å²) >= 11 is 0. The highest BCUT2D eigenvalue weighted by Gasteiger charge is 2.47. The number of carbonyl (C=O) groups excluding carboxylic acids is 2. The number of nitrogens with zero attached hydrogens (tertiary/aromatic N) is 1. The lowest BCUT2D eigenvalue weighted by Gasteiger charge is -2.36. The second kappa shape index (κ2) is 18.9. The number of carbonyl (C=O) groups is 2. The van der Waals surface area contributed by atoms with Gasteiger partial charge in [-0.1, -0.05) is 52.5 Å². The second-order valence-corrected chi connectivity index (χ2v) is 13.2. The molecule has 11 nitrogen and oxygen atoms in total. The molecule has 0 saturated carbocycles. The molecule has 2 rings (SSSR count). The number of hydrogen-bond acceptors (Lipinski definition) is 10. The van der Waals surface area contributed by atoms with Crippen LogP contribution in [0, 0.1) is 11.8 Å². The molecule has 266 valence electrons. The number of aliphatic hydroxyl groups is 3. The van der Waals surface area contributed by atoms with Gasteiger partial charge >= 0.3 is 12.1 Å². The fourth-order valence-corrected chi connectivity index (χ4v) is 5.58. The number of nitrogens with one attached hydrogen (secondary N) is 1. The summed E-state index contributed by atoms with van der Waals surface area (Å²) in [6.45, 7) is 12.2. The maximum Gasteiger partial charge on any atom is 0.410 e. The Balaban J connectivity index is 0.0000106. The quantitative estimate of drug-likeness (QED) is 0.0987. The Morgan fingerprint density at radius 2 is 2.02 bits per heavy atom. The third-order valence-corrected chi connectivity index (χ3v) is 9.05. The maximum atomic E-state index is 12.9. The van der Waals surface area contributed by atoms with Crippen molar-refractivity contribution in [2.75, 3.05) is 34.3 Å². The van der Waals surface area contributed by atoms with Gasteiger partial charge in [0.15, 0.2) is 6.10 Å². The van der Waals surface area contributed by atoms with Gasteiger partial charge in [0.25, 0.3) is 0 Å². The molecule has 0 aromatic carbocycles. The van der Waals surface area contributed by atoms with Crippen molar-refractivity contribution in [3.63, 3.8) is 0 Å². The number of methoxy groups -OCH3 is 1. The smallest absolute Gasteiger partial charge is 0.410 e. The molecular formula is C35H62N2O9. The number of allylic oxidation sites excluding steroid dienone is 2. The molecule has 0 aromatic heterocycles. The monoisotopic (exact) mass is 654 g/mol. The highest BCUT2D eigenvalue weighted by molar-refractivity contribution is 5.70. The number of esters is 1. The first-order valence-corrected chi connectivity index (χ1v) is 16.2. The third kappa shape index (κ3) is 12.7. The Morgan fingerprint density at radius 1 is 1.35 bits per heavy atom. The Hall–Kier alpha value is -2.28. The van der Waals surface area contributed by atoms with Gasteiger partial charge in [-0.2, -0.15) is 0 Å². The summed E-state index contributed by atoms with van der Waals surface area (Å²) in [4.78, 5) is 27.3. The van der Waals surface area contributed by atoms with Crippen LogP contribution in [0.3, 0.4) is 0 Å². The fraction of sp³-hybridized carbons (Fsp3) is 0.771. The molecule has 11 heteroatoms. The topological polar surface area (TPSA) is 150 Å². The van der Waals surface area contributed by atoms with Crippen molar-refractivity contribution in [1.29, 1.82) is 0 Å². The van der Waals surface area contributed by atoms with E-state index in [-0.39, 0.29) is 44.3 Å². The van der Waals surface area contributed by atoms with E-state index in [0.29, 0.717) is 32.4 Å². The van der Waals surface area contributed by atoms with E-state index in [1.807, 2.05) is 40.7 Å². The van der Waals surface area contributed by atoms with Crippen molar-refractivity contribution in [2.45, 2.75) is 129 Å². The number of cyclic esters (lactones) is 1. The number of amides is 1. The zero-order chi connectivity index (χ0) is 33.9. The molecule has 1 saturated heterocycles. The minimum Gasteiger partial charge on any atom is -0.457 e. The molecule has 0 spiro atoms. The zero-order valence-corrected chi connectivity index (χ0v) is 28.7. The summed E-state index contributed by atoms with van der Waals surface area (Å²) in [6.07, 6.45) is 6.72. The number of hydrogen-bond donors (Lipinski definition) is 4. The van der Waals surface area contributed by atoms with Crippen LogP contribution < -0.4 is 5.32 Å². The van der Waals surface area contributed by atoms with Crippen molar-refractivity contribution in [3.05, 3.63) is 36.0 Å². The minimum absolute atomic E-state index is 0. The molecule has 2 aliphatic rings. The number of rotatable bonds is 13. The van der Waals surface area contributed by atoms with Gasteiger partial charge in [-0.15, -0.1) is 0 Å². The molecule has 2 aliphatic heterocycles. The normalized spacial score (nSPS) is 32.5. The summed E-state index contributed by atoms with van der Waals surface area (Å²) in [6, 6.07) is 0. The first-order chi connectivity index (χ1) is 21.1. The first kappa shape index (κ1) is 41.7. The summed E-state index contributed by atoms with van der Waals surface area (Å²) in [5, 5.41) is 34.8. The predicted octanol–water partition coefficient (Wildman–Crippen LogP) is 4.15. The van der Waals surface area contributed by atoms with Gasteiger partial charge in [0.1, 0.15) is 11.7 Å². The molecule has 1 amide bonds. The molecule has 0 radical (unpaired) electrons. The van der Waals surface area contributed by atoms with E-state index < -0.39 is 47.7 Å². The van der Waals surface area contributed by atoms with E-state index in [0.717, 1.165) is 5.57 Å². The van der Waals surface area contributed by atoms with Crippen LogP contribution in [-0.2, 0) is 23.7 Å². The zero-order valence-electron chi connectivity index (χ0n) is 28.7. The molecular weight excluding hydrogens is 592 g/mol. The van der Waals surface area contributed by atoms with Crippen LogP contribution in [-0.4, -0.2) is 114 Å². The minimum atomic E-state index is -1.14. The lowest BCUT2D eigenvalue weighted by molar-refractivity contribution is -0.151. The van der Waals surface area contributed by atoms with Crippen molar-refractivity contribution in [1.82, 2.24) is 10.2 Å². The van der Waals surface area contributed by atoms with Crippen LogP contribution in [0.25, 0.3) is 0 Å². The van der Waals surface area contributed by atoms with Crippen molar-refractivity contribution >= 4 is 12.1 Å². The van der Waals surface area contributed by atoms with E-state index >= 15 is 0 Å². The summed E-state index contributed by atoms with van der Waals surface area (Å²) in [5.41, 5.74) is -1.37. The largest absolute Gasteiger partial charge is 0.457 e. The van der Waals surface area contributed by atoms with Crippen molar-refractivity contribution in [3.8, 4) is 0 Å². The first-order valence-electron chi connectivity index (χ1n) is 16.2. The summed E-state index contributed by atoms with van der Waals surface area (Å²) in [5.74, 6) is -0.854. The van der Waals surface area contributed by atoms with Crippen LogP contribution in [0.15, 0.2) is 36.0 Å². The highest BCUT2D eigenvalue weighted by atomic mass is 16.6. The van der Waals surface area contributed by atoms with Crippen LogP contribution in [0.1, 0.15) is 81.1 Å². The van der Waals surface area contributed by atoms with Gasteiger partial charge in [0.05, 0.1) is 36.4 Å². The van der Waals surface area contributed by atoms with Gasteiger partial charge < -0.3 is 44.5 Å². The number of aliphatic hydroxyl groups excluding tert-OH is 2. The van der Waals surface area contributed by atoms with Crippen molar-refractivity contribution < 1.29 is 43.9 Å². The third-order valence-electron chi connectivity index (χ3n) is 9.05. The van der Waals surface area contributed by atoms with Gasteiger partial charge in [-0.25, -0.2) is 4.79 Å². The molecule has 46 heavy (non-hydrogen) atoms.